The molecule has 0 saturated carbocycles. The van der Waals surface area contributed by atoms with Gasteiger partial charge in [0.2, 0.25) is 0 Å². The van der Waals surface area contributed by atoms with Gasteiger partial charge in [-0.25, -0.2) is 10.9 Å². The summed E-state index contributed by atoms with van der Waals surface area (Å²) in [5.74, 6) is -5.00. The van der Waals surface area contributed by atoms with Crippen LogP contribution in [0, 0.1) is 0 Å². The first-order valence-electron chi connectivity index (χ1n) is 6.82. The number of rotatable bonds is 13. The van der Waals surface area contributed by atoms with Crippen molar-refractivity contribution in [2.75, 3.05) is 0 Å². The highest BCUT2D eigenvalue weighted by atomic mass is 16.4. The van der Waals surface area contributed by atoms with Crippen molar-refractivity contribution in [3.05, 3.63) is 0 Å². The molecule has 0 rings (SSSR count). The van der Waals surface area contributed by atoms with E-state index in [1.54, 1.807) is 0 Å². The summed E-state index contributed by atoms with van der Waals surface area (Å²) in [4.78, 5) is 43.0. The fraction of sp³-hybridized carbons (Fsp3) is 0.667. The summed E-state index contributed by atoms with van der Waals surface area (Å²) in [5, 5.41) is 35.1. The molecule has 0 fully saturated rings. The third-order valence-electron chi connectivity index (χ3n) is 2.97. The maximum Gasteiger partial charge on any atom is 0.322 e. The molecule has 0 saturated heterocycles. The number of carboxylic acids is 4. The first kappa shape index (κ1) is 20.8. The zero-order valence-corrected chi connectivity index (χ0v) is 12.3. The van der Waals surface area contributed by atoms with E-state index >= 15 is 0 Å². The largest absolute Gasteiger partial charge is 0.481 e. The van der Waals surface area contributed by atoms with Gasteiger partial charge in [0.05, 0.1) is 0 Å². The number of carboxylic acid groups (broad SMARTS) is 4. The van der Waals surface area contributed by atoms with Crippen LogP contribution >= 0.6 is 0 Å². The summed E-state index contributed by atoms with van der Waals surface area (Å²) in [7, 11) is 0. The van der Waals surface area contributed by atoms with E-state index in [9.17, 15) is 19.2 Å². The van der Waals surface area contributed by atoms with Gasteiger partial charge < -0.3 is 26.2 Å². The Hall–Kier alpha value is -2.24. The van der Waals surface area contributed by atoms with Crippen LogP contribution in [0.5, 0.6) is 0 Å². The van der Waals surface area contributed by atoms with Gasteiger partial charge in [-0.1, -0.05) is 6.42 Å². The minimum absolute atomic E-state index is 0.0763. The van der Waals surface area contributed by atoms with E-state index < -0.39 is 48.4 Å². The molecular weight excluding hydrogens is 314 g/mol. The summed E-state index contributed by atoms with van der Waals surface area (Å²) in [6.45, 7) is 0. The van der Waals surface area contributed by atoms with E-state index in [-0.39, 0.29) is 19.3 Å². The normalized spacial score (nSPS) is 14.7. The highest BCUT2D eigenvalue weighted by Gasteiger charge is 2.26. The van der Waals surface area contributed by atoms with E-state index in [1.165, 1.54) is 0 Å². The fourth-order valence-electron chi connectivity index (χ4n) is 1.66. The van der Waals surface area contributed by atoms with Gasteiger partial charge in [0, 0.05) is 12.8 Å². The van der Waals surface area contributed by atoms with Crippen LogP contribution in [0.4, 0.5) is 0 Å². The third-order valence-corrected chi connectivity index (χ3v) is 2.97. The van der Waals surface area contributed by atoms with Gasteiger partial charge in [-0.2, -0.15) is 0 Å². The van der Waals surface area contributed by atoms with E-state index in [2.05, 4.69) is 10.9 Å². The first-order valence-corrected chi connectivity index (χ1v) is 6.82. The van der Waals surface area contributed by atoms with Crippen LogP contribution in [0.2, 0.25) is 0 Å². The average Bonchev–Trinajstić information content (AvgIpc) is 2.43. The van der Waals surface area contributed by atoms with E-state index in [1.807, 2.05) is 0 Å². The van der Waals surface area contributed by atoms with E-state index in [0.717, 1.165) is 0 Å². The van der Waals surface area contributed by atoms with Gasteiger partial charge in [-0.15, -0.1) is 0 Å². The molecular formula is C12H21N3O8. The van der Waals surface area contributed by atoms with Gasteiger partial charge in [0.25, 0.3) is 0 Å². The molecule has 132 valence electrons. The number of hydrogen-bond acceptors (Lipinski definition) is 7. The molecule has 3 atom stereocenters. The van der Waals surface area contributed by atoms with Crippen LogP contribution in [0.25, 0.3) is 0 Å². The average molecular weight is 335 g/mol. The van der Waals surface area contributed by atoms with Crippen LogP contribution in [0.15, 0.2) is 0 Å². The molecule has 0 aromatic heterocycles. The Morgan fingerprint density at radius 2 is 1.35 bits per heavy atom. The first-order chi connectivity index (χ1) is 10.6. The lowest BCUT2D eigenvalue weighted by atomic mass is 10.1. The second kappa shape index (κ2) is 10.5. The van der Waals surface area contributed by atoms with E-state index in [0.29, 0.717) is 6.42 Å². The van der Waals surface area contributed by atoms with Crippen LogP contribution in [0.1, 0.15) is 32.1 Å². The van der Waals surface area contributed by atoms with Crippen molar-refractivity contribution in [3.8, 4) is 0 Å². The molecule has 0 aliphatic heterocycles. The van der Waals surface area contributed by atoms with Crippen molar-refractivity contribution in [2.24, 2.45) is 5.73 Å². The molecule has 0 bridgehead atoms. The maximum absolute atomic E-state index is 11.1. The molecule has 0 aromatic carbocycles. The molecule has 23 heavy (non-hydrogen) atoms. The van der Waals surface area contributed by atoms with Crippen molar-refractivity contribution < 1.29 is 39.6 Å². The van der Waals surface area contributed by atoms with Crippen LogP contribution in [0.3, 0.4) is 0 Å². The molecule has 11 heteroatoms. The lowest BCUT2D eigenvalue weighted by Crippen LogP contribution is -2.54. The Morgan fingerprint density at radius 1 is 0.826 bits per heavy atom. The van der Waals surface area contributed by atoms with Crippen LogP contribution in [-0.2, 0) is 19.2 Å². The molecule has 11 nitrogen and oxygen atoms in total. The zero-order chi connectivity index (χ0) is 18.0. The zero-order valence-electron chi connectivity index (χ0n) is 12.3. The highest BCUT2D eigenvalue weighted by Crippen LogP contribution is 2.04. The van der Waals surface area contributed by atoms with Crippen LogP contribution in [-0.4, -0.2) is 62.4 Å². The van der Waals surface area contributed by atoms with Crippen molar-refractivity contribution in [1.82, 2.24) is 10.9 Å². The number of unbranched alkanes of at least 4 members (excludes halogenated alkanes) is 1. The lowest BCUT2D eigenvalue weighted by molar-refractivity contribution is -0.144. The minimum Gasteiger partial charge on any atom is -0.481 e. The van der Waals surface area contributed by atoms with Crippen molar-refractivity contribution in [1.29, 1.82) is 0 Å². The fourth-order valence-corrected chi connectivity index (χ4v) is 1.66. The molecule has 8 N–H and O–H groups in total. The Morgan fingerprint density at radius 3 is 1.78 bits per heavy atom. The summed E-state index contributed by atoms with van der Waals surface area (Å²) in [6.07, 6.45) is 0.137. The molecule has 0 aromatic rings. The maximum atomic E-state index is 11.1. The minimum atomic E-state index is -1.41. The SMILES string of the molecule is N[C@H](C[C@H](NN[C@H](CCCCC(=O)O)C(=O)O)C(=O)O)C(=O)O. The lowest BCUT2D eigenvalue weighted by Gasteiger charge is -2.20. The van der Waals surface area contributed by atoms with Crippen molar-refractivity contribution >= 4 is 23.9 Å². The second-order valence-corrected chi connectivity index (χ2v) is 4.89. The van der Waals surface area contributed by atoms with Gasteiger partial charge in [0.15, 0.2) is 0 Å². The quantitative estimate of drug-likeness (QED) is 0.151. The summed E-state index contributed by atoms with van der Waals surface area (Å²) in [6, 6.07) is -3.95. The molecule has 0 amide bonds. The molecule has 0 unspecified atom stereocenters. The molecule has 0 spiro atoms. The number of carbonyl (C=O) groups is 4. The number of aliphatic carboxylic acids is 4. The highest BCUT2D eigenvalue weighted by molar-refractivity contribution is 5.77. The molecule has 0 radical (unpaired) electrons. The van der Waals surface area contributed by atoms with Crippen molar-refractivity contribution in [2.45, 2.75) is 50.2 Å². The second-order valence-electron chi connectivity index (χ2n) is 4.89. The monoisotopic (exact) mass is 335 g/mol. The predicted octanol–water partition coefficient (Wildman–Crippen LogP) is -1.57. The number of nitrogens with one attached hydrogen (secondary N) is 2. The van der Waals surface area contributed by atoms with Crippen molar-refractivity contribution in [3.63, 3.8) is 0 Å². The predicted molar refractivity (Wildman–Crippen MR) is 75.5 cm³/mol. The van der Waals surface area contributed by atoms with Gasteiger partial charge in [-0.05, 0) is 12.8 Å². The summed E-state index contributed by atoms with van der Waals surface area (Å²) in [5.41, 5.74) is 9.80. The Bertz CT molecular complexity index is 442. The molecule has 0 aliphatic carbocycles. The number of nitrogens with two attached hydrogens (primary N) is 1. The summed E-state index contributed by atoms with van der Waals surface area (Å²) < 4.78 is 0. The van der Waals surface area contributed by atoms with Gasteiger partial charge in [0.1, 0.15) is 18.1 Å². The Labute approximate surface area is 131 Å². The van der Waals surface area contributed by atoms with Crippen LogP contribution < -0.4 is 16.6 Å². The van der Waals surface area contributed by atoms with Gasteiger partial charge >= 0.3 is 23.9 Å². The number of hydrogen-bond donors (Lipinski definition) is 7. The smallest absolute Gasteiger partial charge is 0.322 e. The third kappa shape index (κ3) is 9.39. The summed E-state index contributed by atoms with van der Waals surface area (Å²) >= 11 is 0. The molecule has 0 aliphatic rings. The Balaban J connectivity index is 4.44. The Kier molecular flexibility index (Phi) is 9.46. The van der Waals surface area contributed by atoms with Gasteiger partial charge in [-0.3, -0.25) is 19.2 Å². The topological polar surface area (TPSA) is 199 Å². The molecule has 0 heterocycles. The standard InChI is InChI=1S/C12H21N3O8/c13-6(10(18)19)5-8(12(22)23)15-14-7(11(20)21)3-1-2-4-9(16)17/h6-8,14-15H,1-5,13H2,(H,16,17)(H,18,19)(H,20,21)(H,22,23)/t6-,7-,8+/m1/s1. The van der Waals surface area contributed by atoms with E-state index in [4.69, 9.17) is 26.2 Å². The number of hydrazine groups is 1.